The molecule has 0 bridgehead atoms. The van der Waals surface area contributed by atoms with Gasteiger partial charge in [-0.05, 0) is 13.3 Å². The lowest BCUT2D eigenvalue weighted by Gasteiger charge is -2.13. The molecule has 0 saturated heterocycles. The number of carboxylic acid groups (broad SMARTS) is 1. The monoisotopic (exact) mass is 309 g/mol. The van der Waals surface area contributed by atoms with E-state index in [0.29, 0.717) is 0 Å². The van der Waals surface area contributed by atoms with Gasteiger partial charge < -0.3 is 15.2 Å². The molecule has 0 radical (unpaired) electrons. The van der Waals surface area contributed by atoms with Crippen LogP contribution >= 0.6 is 0 Å². The minimum Gasteiger partial charge on any atom is -0.480 e. The number of ether oxygens (including phenoxy) is 1. The fraction of sp³-hybridized carbons (Fsp3) is 0.727. The second kappa shape index (κ2) is 8.51. The molecule has 2 N–H and O–H groups in total. The van der Waals surface area contributed by atoms with Crippen molar-refractivity contribution in [3.63, 3.8) is 0 Å². The molecule has 0 aromatic carbocycles. The van der Waals surface area contributed by atoms with E-state index in [1.807, 2.05) is 0 Å². The number of hydrogen-bond donors (Lipinski definition) is 2. The average Bonchev–Trinajstić information content (AvgIpc) is 2.31. The fourth-order valence-corrected chi connectivity index (χ4v) is 1.85. The van der Waals surface area contributed by atoms with Gasteiger partial charge in [0, 0.05) is 19.1 Å². The Kier molecular flexibility index (Phi) is 7.82. The number of hydrogen-bond acceptors (Lipinski definition) is 6. The van der Waals surface area contributed by atoms with Crippen LogP contribution in [0.5, 0.6) is 0 Å². The summed E-state index contributed by atoms with van der Waals surface area (Å²) in [5, 5.41) is 11.1. The van der Waals surface area contributed by atoms with Crippen LogP contribution in [0.3, 0.4) is 0 Å². The summed E-state index contributed by atoms with van der Waals surface area (Å²) in [4.78, 5) is 33.4. The van der Waals surface area contributed by atoms with Gasteiger partial charge in [0.05, 0.1) is 12.4 Å². The van der Waals surface area contributed by atoms with Gasteiger partial charge in [0.1, 0.15) is 15.9 Å². The Balaban J connectivity index is 4.30. The molecule has 8 nitrogen and oxygen atoms in total. The number of esters is 1. The van der Waals surface area contributed by atoms with Gasteiger partial charge >= 0.3 is 11.9 Å². The van der Waals surface area contributed by atoms with Gasteiger partial charge in [0.15, 0.2) is 0 Å². The Morgan fingerprint density at radius 1 is 1.25 bits per heavy atom. The molecule has 0 unspecified atom stereocenters. The molecule has 0 heterocycles. The summed E-state index contributed by atoms with van der Waals surface area (Å²) in [5.41, 5.74) is 0. The molecule has 20 heavy (non-hydrogen) atoms. The highest BCUT2D eigenvalue weighted by Crippen LogP contribution is 2.01. The van der Waals surface area contributed by atoms with E-state index >= 15 is 0 Å². The molecule has 0 aliphatic carbocycles. The molecule has 0 aliphatic heterocycles. The number of sulfone groups is 1. The van der Waals surface area contributed by atoms with E-state index in [0.717, 1.165) is 6.26 Å². The highest BCUT2D eigenvalue weighted by molar-refractivity contribution is 7.90. The topological polar surface area (TPSA) is 127 Å². The third-order valence-electron chi connectivity index (χ3n) is 2.28. The minimum absolute atomic E-state index is 0.112. The van der Waals surface area contributed by atoms with E-state index in [1.165, 1.54) is 0 Å². The second-order valence-corrected chi connectivity index (χ2v) is 6.44. The zero-order valence-corrected chi connectivity index (χ0v) is 12.2. The van der Waals surface area contributed by atoms with Crippen molar-refractivity contribution in [2.24, 2.45) is 0 Å². The summed E-state index contributed by atoms with van der Waals surface area (Å²) < 4.78 is 26.4. The molecule has 0 rings (SSSR count). The first-order chi connectivity index (χ1) is 9.15. The van der Waals surface area contributed by atoms with E-state index in [2.05, 4.69) is 10.1 Å². The van der Waals surface area contributed by atoms with Crippen LogP contribution in [0.15, 0.2) is 0 Å². The summed E-state index contributed by atoms with van der Waals surface area (Å²) in [6, 6.07) is -1.24. The molecule has 1 atom stereocenters. The van der Waals surface area contributed by atoms with Crippen molar-refractivity contribution in [2.45, 2.75) is 32.2 Å². The Bertz CT molecular complexity index is 457. The summed E-state index contributed by atoms with van der Waals surface area (Å²) in [6.07, 6.45) is 0.410. The SMILES string of the molecule is CCOC(=O)CC[C@H](NC(=O)CCS(C)(=O)=O)C(=O)O. The Labute approximate surface area is 117 Å². The molecule has 0 aromatic rings. The van der Waals surface area contributed by atoms with Crippen LogP contribution in [0.2, 0.25) is 0 Å². The van der Waals surface area contributed by atoms with Gasteiger partial charge in [0.25, 0.3) is 0 Å². The Morgan fingerprint density at radius 3 is 2.30 bits per heavy atom. The number of carbonyl (C=O) groups is 3. The van der Waals surface area contributed by atoms with Crippen LogP contribution in [0, 0.1) is 0 Å². The normalized spacial score (nSPS) is 12.5. The standard InChI is InChI=1S/C11H19NO7S/c1-3-19-10(14)5-4-8(11(15)16)12-9(13)6-7-20(2,17)18/h8H,3-7H2,1-2H3,(H,12,13)(H,15,16)/t8-/m0/s1. The number of nitrogens with one attached hydrogen (secondary N) is 1. The number of carboxylic acids is 1. The predicted molar refractivity (Wildman–Crippen MR) is 69.8 cm³/mol. The first kappa shape index (κ1) is 18.4. The third kappa shape index (κ3) is 9.31. The van der Waals surface area contributed by atoms with E-state index in [-0.39, 0.29) is 31.6 Å². The molecule has 116 valence electrons. The predicted octanol–water partition coefficient (Wildman–Crippen LogP) is -0.666. The molecular weight excluding hydrogens is 290 g/mol. The van der Waals surface area contributed by atoms with Crippen molar-refractivity contribution >= 4 is 27.7 Å². The van der Waals surface area contributed by atoms with Gasteiger partial charge in [-0.3, -0.25) is 9.59 Å². The van der Waals surface area contributed by atoms with Crippen molar-refractivity contribution in [1.82, 2.24) is 5.32 Å². The molecule has 9 heteroatoms. The van der Waals surface area contributed by atoms with Gasteiger partial charge in [0.2, 0.25) is 5.91 Å². The maximum atomic E-state index is 11.4. The molecule has 0 saturated carbocycles. The van der Waals surface area contributed by atoms with Crippen molar-refractivity contribution < 1.29 is 32.6 Å². The minimum atomic E-state index is -3.29. The number of carbonyl (C=O) groups excluding carboxylic acids is 2. The summed E-state index contributed by atoms with van der Waals surface area (Å²) in [6.45, 7) is 1.82. The molecule has 0 aliphatic rings. The highest BCUT2D eigenvalue weighted by atomic mass is 32.2. The molecule has 0 fully saturated rings. The van der Waals surface area contributed by atoms with Crippen LogP contribution in [-0.4, -0.2) is 56.0 Å². The maximum Gasteiger partial charge on any atom is 0.326 e. The molecule has 0 spiro atoms. The molecule has 1 amide bonds. The molecular formula is C11H19NO7S. The van der Waals surface area contributed by atoms with Crippen molar-refractivity contribution in [3.8, 4) is 0 Å². The van der Waals surface area contributed by atoms with Crippen LogP contribution in [0.25, 0.3) is 0 Å². The lowest BCUT2D eigenvalue weighted by molar-refractivity contribution is -0.145. The van der Waals surface area contributed by atoms with Gasteiger partial charge in [-0.2, -0.15) is 0 Å². The van der Waals surface area contributed by atoms with Crippen molar-refractivity contribution in [2.75, 3.05) is 18.6 Å². The summed E-state index contributed by atoms with van der Waals surface area (Å²) in [7, 11) is -3.29. The Morgan fingerprint density at radius 2 is 1.85 bits per heavy atom. The smallest absolute Gasteiger partial charge is 0.326 e. The van der Waals surface area contributed by atoms with Crippen LogP contribution in [-0.2, 0) is 29.0 Å². The van der Waals surface area contributed by atoms with Crippen LogP contribution in [0.1, 0.15) is 26.2 Å². The summed E-state index contributed by atoms with van der Waals surface area (Å²) >= 11 is 0. The Hall–Kier alpha value is -1.64. The number of rotatable bonds is 9. The van der Waals surface area contributed by atoms with Crippen molar-refractivity contribution in [3.05, 3.63) is 0 Å². The summed E-state index contributed by atoms with van der Waals surface area (Å²) in [5.74, 6) is -2.89. The highest BCUT2D eigenvalue weighted by Gasteiger charge is 2.21. The number of aliphatic carboxylic acids is 1. The van der Waals surface area contributed by atoms with Crippen LogP contribution in [0.4, 0.5) is 0 Å². The largest absolute Gasteiger partial charge is 0.480 e. The van der Waals surface area contributed by atoms with Gasteiger partial charge in [-0.1, -0.05) is 0 Å². The lowest BCUT2D eigenvalue weighted by atomic mass is 10.1. The van der Waals surface area contributed by atoms with E-state index < -0.39 is 33.7 Å². The zero-order chi connectivity index (χ0) is 15.8. The first-order valence-electron chi connectivity index (χ1n) is 6.01. The van der Waals surface area contributed by atoms with E-state index in [9.17, 15) is 22.8 Å². The van der Waals surface area contributed by atoms with Gasteiger partial charge in [-0.15, -0.1) is 0 Å². The third-order valence-corrected chi connectivity index (χ3v) is 3.22. The van der Waals surface area contributed by atoms with E-state index in [4.69, 9.17) is 5.11 Å². The van der Waals surface area contributed by atoms with Gasteiger partial charge in [-0.25, -0.2) is 13.2 Å². The lowest BCUT2D eigenvalue weighted by Crippen LogP contribution is -2.41. The molecule has 0 aromatic heterocycles. The first-order valence-corrected chi connectivity index (χ1v) is 8.07. The van der Waals surface area contributed by atoms with Crippen LogP contribution < -0.4 is 5.32 Å². The average molecular weight is 309 g/mol. The second-order valence-electron chi connectivity index (χ2n) is 4.18. The quantitative estimate of drug-likeness (QED) is 0.541. The number of amides is 1. The fourth-order valence-electron chi connectivity index (χ4n) is 1.30. The zero-order valence-electron chi connectivity index (χ0n) is 11.4. The van der Waals surface area contributed by atoms with Crippen molar-refractivity contribution in [1.29, 1.82) is 0 Å². The maximum absolute atomic E-state index is 11.4. The van der Waals surface area contributed by atoms with E-state index in [1.54, 1.807) is 6.92 Å².